The van der Waals surface area contributed by atoms with Crippen LogP contribution in [0.2, 0.25) is 0 Å². The SMILES string of the molecule is CCCOCc1ccn(CCF)n1. The number of hydrogen-bond acceptors (Lipinski definition) is 2. The first-order valence-electron chi connectivity index (χ1n) is 4.53. The van der Waals surface area contributed by atoms with Crippen molar-refractivity contribution in [3.63, 3.8) is 0 Å². The zero-order chi connectivity index (χ0) is 9.52. The highest BCUT2D eigenvalue weighted by Gasteiger charge is 1.97. The average molecular weight is 186 g/mol. The molecular formula is C9H15FN2O. The maximum atomic E-state index is 11.9. The fraction of sp³-hybridized carbons (Fsp3) is 0.667. The van der Waals surface area contributed by atoms with Crippen LogP contribution in [-0.2, 0) is 17.9 Å². The van der Waals surface area contributed by atoms with E-state index in [2.05, 4.69) is 12.0 Å². The second kappa shape index (κ2) is 5.70. The smallest absolute Gasteiger partial charge is 0.109 e. The lowest BCUT2D eigenvalue weighted by molar-refractivity contribution is 0.118. The van der Waals surface area contributed by atoms with Gasteiger partial charge in [0.25, 0.3) is 0 Å². The van der Waals surface area contributed by atoms with E-state index in [0.29, 0.717) is 13.2 Å². The Morgan fingerprint density at radius 2 is 2.46 bits per heavy atom. The molecule has 3 nitrogen and oxygen atoms in total. The molecule has 0 aliphatic carbocycles. The third-order valence-electron chi connectivity index (χ3n) is 1.61. The minimum Gasteiger partial charge on any atom is -0.375 e. The summed E-state index contributed by atoms with van der Waals surface area (Å²) < 4.78 is 18.8. The van der Waals surface area contributed by atoms with Gasteiger partial charge in [0, 0.05) is 12.8 Å². The van der Waals surface area contributed by atoms with E-state index in [1.807, 2.05) is 6.07 Å². The number of hydrogen-bond donors (Lipinski definition) is 0. The molecule has 0 unspecified atom stereocenters. The van der Waals surface area contributed by atoms with Gasteiger partial charge in [-0.1, -0.05) is 6.92 Å². The van der Waals surface area contributed by atoms with Crippen LogP contribution in [0.25, 0.3) is 0 Å². The fourth-order valence-corrected chi connectivity index (χ4v) is 1.01. The first-order valence-corrected chi connectivity index (χ1v) is 4.53. The van der Waals surface area contributed by atoms with E-state index in [9.17, 15) is 4.39 Å². The molecule has 0 aliphatic heterocycles. The van der Waals surface area contributed by atoms with Gasteiger partial charge >= 0.3 is 0 Å². The summed E-state index contributed by atoms with van der Waals surface area (Å²) in [6.45, 7) is 3.27. The van der Waals surface area contributed by atoms with Crippen LogP contribution in [0.4, 0.5) is 4.39 Å². The van der Waals surface area contributed by atoms with E-state index in [1.165, 1.54) is 0 Å². The van der Waals surface area contributed by atoms with Crippen LogP contribution >= 0.6 is 0 Å². The van der Waals surface area contributed by atoms with Crippen molar-refractivity contribution < 1.29 is 9.13 Å². The van der Waals surface area contributed by atoms with Crippen LogP contribution in [0.3, 0.4) is 0 Å². The first-order chi connectivity index (χ1) is 6.36. The third-order valence-corrected chi connectivity index (χ3v) is 1.61. The predicted molar refractivity (Wildman–Crippen MR) is 48.1 cm³/mol. The standard InChI is InChI=1S/C9H15FN2O/c1-2-7-13-8-9-3-5-12(11-9)6-4-10/h3,5H,2,4,6-8H2,1H3. The summed E-state index contributed by atoms with van der Waals surface area (Å²) in [7, 11) is 0. The number of halogens is 1. The van der Waals surface area contributed by atoms with Crippen LogP contribution in [0, 0.1) is 0 Å². The Bertz CT molecular complexity index is 237. The van der Waals surface area contributed by atoms with Crippen molar-refractivity contribution in [1.29, 1.82) is 0 Å². The maximum Gasteiger partial charge on any atom is 0.109 e. The van der Waals surface area contributed by atoms with E-state index < -0.39 is 0 Å². The van der Waals surface area contributed by atoms with E-state index >= 15 is 0 Å². The second-order valence-electron chi connectivity index (χ2n) is 2.81. The molecule has 74 valence electrons. The van der Waals surface area contributed by atoms with Crippen molar-refractivity contribution in [2.24, 2.45) is 0 Å². The molecule has 1 rings (SSSR count). The number of aromatic nitrogens is 2. The van der Waals surface area contributed by atoms with Crippen LogP contribution in [-0.4, -0.2) is 23.1 Å². The van der Waals surface area contributed by atoms with Gasteiger partial charge in [-0.05, 0) is 12.5 Å². The topological polar surface area (TPSA) is 27.1 Å². The summed E-state index contributed by atoms with van der Waals surface area (Å²) in [4.78, 5) is 0. The number of ether oxygens (including phenoxy) is 1. The highest BCUT2D eigenvalue weighted by molar-refractivity contribution is 4.96. The lowest BCUT2D eigenvalue weighted by Crippen LogP contribution is -2.02. The van der Waals surface area contributed by atoms with Crippen molar-refractivity contribution in [3.8, 4) is 0 Å². The van der Waals surface area contributed by atoms with Crippen molar-refractivity contribution in [2.75, 3.05) is 13.3 Å². The molecule has 0 N–H and O–H groups in total. The van der Waals surface area contributed by atoms with Gasteiger partial charge in [-0.3, -0.25) is 4.68 Å². The molecule has 0 fully saturated rings. The quantitative estimate of drug-likeness (QED) is 0.633. The van der Waals surface area contributed by atoms with Crippen molar-refractivity contribution in [3.05, 3.63) is 18.0 Å². The van der Waals surface area contributed by atoms with E-state index in [1.54, 1.807) is 10.9 Å². The largest absolute Gasteiger partial charge is 0.375 e. The number of nitrogens with zero attached hydrogens (tertiary/aromatic N) is 2. The molecule has 0 amide bonds. The Hall–Kier alpha value is -0.900. The van der Waals surface area contributed by atoms with Crippen LogP contribution in [0.1, 0.15) is 19.0 Å². The summed E-state index contributed by atoms with van der Waals surface area (Å²) in [5, 5.41) is 4.12. The Balaban J connectivity index is 2.31. The van der Waals surface area contributed by atoms with Gasteiger partial charge in [-0.15, -0.1) is 0 Å². The van der Waals surface area contributed by atoms with Gasteiger partial charge in [-0.25, -0.2) is 4.39 Å². The minimum atomic E-state index is -0.378. The van der Waals surface area contributed by atoms with Gasteiger partial charge in [0.15, 0.2) is 0 Å². The lowest BCUT2D eigenvalue weighted by atomic mass is 10.4. The molecule has 4 heteroatoms. The minimum absolute atomic E-state index is 0.327. The molecule has 0 aliphatic rings. The van der Waals surface area contributed by atoms with Gasteiger partial charge in [0.2, 0.25) is 0 Å². The summed E-state index contributed by atoms with van der Waals surface area (Å²) in [5.74, 6) is 0. The van der Waals surface area contributed by atoms with Crippen LogP contribution in [0.15, 0.2) is 12.3 Å². The van der Waals surface area contributed by atoms with E-state index in [4.69, 9.17) is 4.74 Å². The monoisotopic (exact) mass is 186 g/mol. The molecule has 13 heavy (non-hydrogen) atoms. The zero-order valence-electron chi connectivity index (χ0n) is 7.87. The van der Waals surface area contributed by atoms with Crippen molar-refractivity contribution in [2.45, 2.75) is 26.5 Å². The van der Waals surface area contributed by atoms with Gasteiger partial charge < -0.3 is 4.74 Å². The summed E-state index contributed by atoms with van der Waals surface area (Å²) in [6, 6.07) is 1.85. The Kier molecular flexibility index (Phi) is 4.46. The summed E-state index contributed by atoms with van der Waals surface area (Å²) in [5.41, 5.74) is 0.863. The molecule has 0 atom stereocenters. The number of alkyl halides is 1. The van der Waals surface area contributed by atoms with Gasteiger partial charge in [-0.2, -0.15) is 5.10 Å². The Morgan fingerprint density at radius 1 is 1.62 bits per heavy atom. The normalized spacial score (nSPS) is 10.6. The molecule has 0 saturated heterocycles. The lowest BCUT2D eigenvalue weighted by Gasteiger charge is -1.98. The van der Waals surface area contributed by atoms with E-state index in [0.717, 1.165) is 18.7 Å². The fourth-order valence-electron chi connectivity index (χ4n) is 1.01. The molecule has 1 aromatic heterocycles. The molecule has 0 bridgehead atoms. The summed E-state index contributed by atoms with van der Waals surface area (Å²) in [6.07, 6.45) is 2.77. The molecule has 0 radical (unpaired) electrons. The van der Waals surface area contributed by atoms with Gasteiger partial charge in [0.05, 0.1) is 18.8 Å². The van der Waals surface area contributed by atoms with Gasteiger partial charge in [0.1, 0.15) is 6.67 Å². The highest BCUT2D eigenvalue weighted by atomic mass is 19.1. The van der Waals surface area contributed by atoms with Crippen molar-refractivity contribution >= 4 is 0 Å². The van der Waals surface area contributed by atoms with Crippen LogP contribution < -0.4 is 0 Å². The predicted octanol–water partition coefficient (Wildman–Crippen LogP) is 1.78. The zero-order valence-corrected chi connectivity index (χ0v) is 7.87. The summed E-state index contributed by atoms with van der Waals surface area (Å²) >= 11 is 0. The maximum absolute atomic E-state index is 11.9. The third kappa shape index (κ3) is 3.55. The molecule has 0 aromatic carbocycles. The van der Waals surface area contributed by atoms with Crippen molar-refractivity contribution in [1.82, 2.24) is 9.78 Å². The average Bonchev–Trinajstić information content (AvgIpc) is 2.54. The molecule has 1 aromatic rings. The number of aryl methyl sites for hydroxylation is 1. The molecular weight excluding hydrogens is 171 g/mol. The van der Waals surface area contributed by atoms with E-state index in [-0.39, 0.29) is 6.67 Å². The Morgan fingerprint density at radius 3 is 3.15 bits per heavy atom. The second-order valence-corrected chi connectivity index (χ2v) is 2.81. The highest BCUT2D eigenvalue weighted by Crippen LogP contribution is 1.98. The molecule has 1 heterocycles. The van der Waals surface area contributed by atoms with Crippen LogP contribution in [0.5, 0.6) is 0 Å². The molecule has 0 saturated carbocycles. The first kappa shape index (κ1) is 10.2. The number of rotatable bonds is 6. The Labute approximate surface area is 77.5 Å². The molecule has 0 spiro atoms.